The second-order valence-electron chi connectivity index (χ2n) is 5.28. The minimum atomic E-state index is -4.41. The van der Waals surface area contributed by atoms with E-state index in [1.54, 1.807) is 29.1 Å². The van der Waals surface area contributed by atoms with Crippen LogP contribution in [0.4, 0.5) is 30.4 Å². The van der Waals surface area contributed by atoms with Gasteiger partial charge in [-0.3, -0.25) is 0 Å². The first kappa shape index (κ1) is 19.3. The zero-order valence-electron chi connectivity index (χ0n) is 14.7. The molecular weight excluding hydrogens is 343 g/mol. The maximum atomic E-state index is 12.6. The first-order valence-electron chi connectivity index (χ1n) is 8.01. The van der Waals surface area contributed by atoms with Gasteiger partial charge >= 0.3 is 6.18 Å². The van der Waals surface area contributed by atoms with Crippen molar-refractivity contribution in [3.8, 4) is 11.3 Å². The van der Waals surface area contributed by atoms with Gasteiger partial charge in [0.15, 0.2) is 0 Å². The molecule has 26 heavy (non-hydrogen) atoms. The maximum absolute atomic E-state index is 12.6. The van der Waals surface area contributed by atoms with Crippen LogP contribution in [0, 0.1) is 0 Å². The Balaban J connectivity index is 0.00000117. The average Bonchev–Trinajstić information content (AvgIpc) is 3.04. The number of aryl methyl sites for hydroxylation is 1. The summed E-state index contributed by atoms with van der Waals surface area (Å²) in [7, 11) is 1.84. The molecule has 1 aromatic carbocycles. The summed E-state index contributed by atoms with van der Waals surface area (Å²) in [6.07, 6.45) is -0.148. The average molecular weight is 363 g/mol. The summed E-state index contributed by atoms with van der Waals surface area (Å²) in [5.41, 5.74) is 7.67. The van der Waals surface area contributed by atoms with Crippen molar-refractivity contribution in [3.63, 3.8) is 0 Å². The fourth-order valence-electron chi connectivity index (χ4n) is 2.21. The molecule has 0 unspecified atom stereocenters. The van der Waals surface area contributed by atoms with E-state index in [9.17, 15) is 13.2 Å². The number of halogens is 3. The van der Waals surface area contributed by atoms with E-state index in [1.807, 2.05) is 27.1 Å². The van der Waals surface area contributed by atoms with Gasteiger partial charge in [0.1, 0.15) is 5.82 Å². The third-order valence-electron chi connectivity index (χ3n) is 3.38. The third kappa shape index (κ3) is 4.53. The van der Waals surface area contributed by atoms with Crippen molar-refractivity contribution in [1.29, 1.82) is 0 Å². The van der Waals surface area contributed by atoms with E-state index in [1.165, 1.54) is 6.07 Å². The second-order valence-corrected chi connectivity index (χ2v) is 5.28. The summed E-state index contributed by atoms with van der Waals surface area (Å²) in [5, 5.41) is 3.00. The lowest BCUT2D eigenvalue weighted by Crippen LogP contribution is -2.06. The molecule has 0 saturated heterocycles. The first-order chi connectivity index (χ1) is 12.3. The Kier molecular flexibility index (Phi) is 5.86. The lowest BCUT2D eigenvalue weighted by atomic mass is 10.1. The summed E-state index contributed by atoms with van der Waals surface area (Å²) in [6, 6.07) is 7.43. The van der Waals surface area contributed by atoms with Crippen LogP contribution in [0.2, 0.25) is 0 Å². The van der Waals surface area contributed by atoms with E-state index in [2.05, 4.69) is 15.3 Å². The number of rotatable bonds is 3. The molecular formula is C18H20F3N5. The molecule has 0 fully saturated rings. The fraction of sp³-hybridized carbons (Fsp3) is 0.222. The van der Waals surface area contributed by atoms with E-state index in [0.29, 0.717) is 22.9 Å². The van der Waals surface area contributed by atoms with Gasteiger partial charge in [-0.2, -0.15) is 13.2 Å². The lowest BCUT2D eigenvalue weighted by Gasteiger charge is -2.12. The van der Waals surface area contributed by atoms with Crippen LogP contribution < -0.4 is 11.1 Å². The van der Waals surface area contributed by atoms with E-state index in [-0.39, 0.29) is 0 Å². The highest BCUT2D eigenvalue weighted by Crippen LogP contribution is 2.32. The van der Waals surface area contributed by atoms with E-state index in [4.69, 9.17) is 5.73 Å². The first-order valence-corrected chi connectivity index (χ1v) is 8.01. The summed E-state index contributed by atoms with van der Waals surface area (Å²) in [6.45, 7) is 4.00. The molecule has 0 aliphatic carbocycles. The molecule has 138 valence electrons. The number of alkyl halides is 3. The van der Waals surface area contributed by atoms with Crippen LogP contribution in [-0.2, 0) is 13.2 Å². The molecule has 2 aromatic heterocycles. The Labute approximate surface area is 149 Å². The van der Waals surface area contributed by atoms with Crippen LogP contribution in [0.15, 0.2) is 49.1 Å². The molecule has 0 radical (unpaired) electrons. The highest BCUT2D eigenvalue weighted by molar-refractivity contribution is 5.80. The van der Waals surface area contributed by atoms with Crippen molar-refractivity contribution in [3.05, 3.63) is 54.6 Å². The van der Waals surface area contributed by atoms with Gasteiger partial charge in [-0.05, 0) is 30.3 Å². The van der Waals surface area contributed by atoms with Gasteiger partial charge in [0.05, 0.1) is 17.6 Å². The number of hydrogen-bond acceptors (Lipinski definition) is 4. The predicted molar refractivity (Wildman–Crippen MR) is 96.9 cm³/mol. The van der Waals surface area contributed by atoms with Crippen LogP contribution in [0.3, 0.4) is 0 Å². The van der Waals surface area contributed by atoms with E-state index < -0.39 is 11.7 Å². The summed E-state index contributed by atoms with van der Waals surface area (Å²) in [5.74, 6) is 0.296. The lowest BCUT2D eigenvalue weighted by molar-refractivity contribution is -0.137. The van der Waals surface area contributed by atoms with Gasteiger partial charge in [-0.15, -0.1) is 0 Å². The Morgan fingerprint density at radius 1 is 1.08 bits per heavy atom. The Morgan fingerprint density at radius 3 is 2.35 bits per heavy atom. The van der Waals surface area contributed by atoms with Crippen molar-refractivity contribution in [1.82, 2.24) is 14.5 Å². The van der Waals surface area contributed by atoms with Gasteiger partial charge in [0.2, 0.25) is 0 Å². The van der Waals surface area contributed by atoms with Crippen LogP contribution in [0.1, 0.15) is 19.4 Å². The molecule has 0 saturated carbocycles. The molecule has 0 amide bonds. The quantitative estimate of drug-likeness (QED) is 0.653. The second kappa shape index (κ2) is 7.90. The zero-order chi connectivity index (χ0) is 19.3. The van der Waals surface area contributed by atoms with Gasteiger partial charge in [0, 0.05) is 36.4 Å². The van der Waals surface area contributed by atoms with E-state index >= 15 is 0 Å². The standard InChI is InChI=1S/C16H14F3N5.C2H6/c1-24-8-14(22-9-24)12-6-11(20)3-4-13(12)23-15-5-2-10(7-21-15)16(17,18)19;1-2/h2-9H,20H2,1H3,(H,21,23);1-2H3. The zero-order valence-corrected chi connectivity index (χ0v) is 14.7. The number of nitrogens with zero attached hydrogens (tertiary/aromatic N) is 3. The highest BCUT2D eigenvalue weighted by atomic mass is 19.4. The van der Waals surface area contributed by atoms with E-state index in [0.717, 1.165) is 17.8 Å². The van der Waals surface area contributed by atoms with Crippen LogP contribution in [0.5, 0.6) is 0 Å². The van der Waals surface area contributed by atoms with Crippen LogP contribution in [-0.4, -0.2) is 14.5 Å². The SMILES string of the molecule is CC.Cn1cnc(-c2cc(N)ccc2Nc2ccc(C(F)(F)F)cn2)c1. The van der Waals surface area contributed by atoms with Gasteiger partial charge in [-0.25, -0.2) is 9.97 Å². The number of anilines is 3. The number of nitrogen functional groups attached to an aromatic ring is 1. The number of aromatic nitrogens is 3. The van der Waals surface area contributed by atoms with Crippen molar-refractivity contribution < 1.29 is 13.2 Å². The molecule has 2 heterocycles. The smallest absolute Gasteiger partial charge is 0.399 e. The number of benzene rings is 1. The molecule has 0 atom stereocenters. The number of hydrogen-bond donors (Lipinski definition) is 2. The molecule has 0 bridgehead atoms. The number of pyridine rings is 1. The van der Waals surface area contributed by atoms with Gasteiger partial charge < -0.3 is 15.6 Å². The van der Waals surface area contributed by atoms with Crippen molar-refractivity contribution in [2.24, 2.45) is 7.05 Å². The Morgan fingerprint density at radius 2 is 1.81 bits per heavy atom. The number of nitrogens with one attached hydrogen (secondary N) is 1. The Hall–Kier alpha value is -3.03. The van der Waals surface area contributed by atoms with Crippen LogP contribution in [0.25, 0.3) is 11.3 Å². The number of nitrogens with two attached hydrogens (primary N) is 1. The molecule has 3 aromatic rings. The monoisotopic (exact) mass is 363 g/mol. The molecule has 3 rings (SSSR count). The molecule has 8 heteroatoms. The summed E-state index contributed by atoms with van der Waals surface area (Å²) < 4.78 is 39.6. The molecule has 0 aliphatic rings. The highest BCUT2D eigenvalue weighted by Gasteiger charge is 2.30. The summed E-state index contributed by atoms with van der Waals surface area (Å²) in [4.78, 5) is 8.09. The van der Waals surface area contributed by atoms with Crippen molar-refractivity contribution >= 4 is 17.2 Å². The molecule has 0 aliphatic heterocycles. The maximum Gasteiger partial charge on any atom is 0.417 e. The van der Waals surface area contributed by atoms with Gasteiger partial charge in [0.25, 0.3) is 0 Å². The molecule has 5 nitrogen and oxygen atoms in total. The van der Waals surface area contributed by atoms with Crippen molar-refractivity contribution in [2.75, 3.05) is 11.1 Å². The minimum Gasteiger partial charge on any atom is -0.399 e. The minimum absolute atomic E-state index is 0.296. The summed E-state index contributed by atoms with van der Waals surface area (Å²) >= 11 is 0. The van der Waals surface area contributed by atoms with Gasteiger partial charge in [-0.1, -0.05) is 13.8 Å². The predicted octanol–water partition coefficient (Wildman–Crippen LogP) is 4.85. The normalized spacial score (nSPS) is 10.8. The fourth-order valence-corrected chi connectivity index (χ4v) is 2.21. The Bertz CT molecular complexity index is 854. The third-order valence-corrected chi connectivity index (χ3v) is 3.38. The van der Waals surface area contributed by atoms with Crippen LogP contribution >= 0.6 is 0 Å². The molecule has 3 N–H and O–H groups in total. The topological polar surface area (TPSA) is 68.8 Å². The number of imidazole rings is 1. The molecule has 0 spiro atoms. The van der Waals surface area contributed by atoms with Crippen molar-refractivity contribution in [2.45, 2.75) is 20.0 Å². The largest absolute Gasteiger partial charge is 0.417 e.